The molecule has 1 aliphatic carbocycles. The maximum atomic E-state index is 4.20. The first-order valence-corrected chi connectivity index (χ1v) is 6.98. The number of nitrogens with zero attached hydrogens (tertiary/aromatic N) is 3. The van der Waals surface area contributed by atoms with E-state index in [0.29, 0.717) is 12.0 Å². The van der Waals surface area contributed by atoms with E-state index in [0.717, 1.165) is 19.4 Å². The van der Waals surface area contributed by atoms with Gasteiger partial charge in [0, 0.05) is 12.5 Å². The van der Waals surface area contributed by atoms with Crippen molar-refractivity contribution in [2.45, 2.75) is 38.3 Å². The number of rotatable bonds is 5. The van der Waals surface area contributed by atoms with Crippen molar-refractivity contribution < 1.29 is 0 Å². The monoisotopic (exact) mass is 256 g/mol. The fourth-order valence-corrected chi connectivity index (χ4v) is 3.04. The van der Waals surface area contributed by atoms with Gasteiger partial charge in [-0.05, 0) is 31.0 Å². The smallest absolute Gasteiger partial charge is 0.0762 e. The number of hydrogen-bond donors (Lipinski definition) is 1. The van der Waals surface area contributed by atoms with Crippen molar-refractivity contribution in [2.24, 2.45) is 0 Å². The van der Waals surface area contributed by atoms with E-state index in [1.807, 2.05) is 17.9 Å². The molecule has 1 N–H and O–H groups in total. The van der Waals surface area contributed by atoms with Gasteiger partial charge in [-0.2, -0.15) is 0 Å². The minimum atomic E-state index is 0.302. The van der Waals surface area contributed by atoms with Crippen molar-refractivity contribution in [3.05, 3.63) is 47.3 Å². The quantitative estimate of drug-likeness (QED) is 0.892. The van der Waals surface area contributed by atoms with Gasteiger partial charge in [-0.15, -0.1) is 5.10 Å². The lowest BCUT2D eigenvalue weighted by atomic mass is 9.72. The van der Waals surface area contributed by atoms with E-state index in [4.69, 9.17) is 0 Å². The molecule has 1 aromatic heterocycles. The predicted octanol–water partition coefficient (Wildman–Crippen LogP) is 2.29. The minimum absolute atomic E-state index is 0.302. The van der Waals surface area contributed by atoms with Crippen LogP contribution in [0, 0.1) is 0 Å². The summed E-state index contributed by atoms with van der Waals surface area (Å²) in [7, 11) is 2.02. The summed E-state index contributed by atoms with van der Waals surface area (Å²) in [6.45, 7) is 3.10. The summed E-state index contributed by atoms with van der Waals surface area (Å²) >= 11 is 0. The van der Waals surface area contributed by atoms with E-state index in [2.05, 4.69) is 46.8 Å². The Morgan fingerprint density at radius 2 is 2.26 bits per heavy atom. The molecule has 0 amide bonds. The molecule has 0 radical (unpaired) electrons. The van der Waals surface area contributed by atoms with Crippen LogP contribution < -0.4 is 5.32 Å². The summed E-state index contributed by atoms with van der Waals surface area (Å²) in [5.74, 6) is 0.537. The Bertz CT molecular complexity index is 561. The molecule has 0 spiro atoms. The highest BCUT2D eigenvalue weighted by Gasteiger charge is 2.34. The summed E-state index contributed by atoms with van der Waals surface area (Å²) in [5, 5.41) is 11.7. The lowest BCUT2D eigenvalue weighted by molar-refractivity contribution is 0.403. The summed E-state index contributed by atoms with van der Waals surface area (Å²) in [4.78, 5) is 0. The lowest BCUT2D eigenvalue weighted by Gasteiger charge is -2.36. The van der Waals surface area contributed by atoms with Gasteiger partial charge < -0.3 is 5.32 Å². The highest BCUT2D eigenvalue weighted by molar-refractivity contribution is 5.42. The minimum Gasteiger partial charge on any atom is -0.311 e. The number of aromatic nitrogens is 3. The van der Waals surface area contributed by atoms with Gasteiger partial charge in [0.25, 0.3) is 0 Å². The third-order valence-corrected chi connectivity index (χ3v) is 4.01. The molecular weight excluding hydrogens is 236 g/mol. The average molecular weight is 256 g/mol. The molecule has 0 saturated carbocycles. The second-order valence-corrected chi connectivity index (χ2v) is 5.16. The Hall–Kier alpha value is -1.68. The zero-order valence-electron chi connectivity index (χ0n) is 11.5. The fourth-order valence-electron chi connectivity index (χ4n) is 3.04. The number of benzene rings is 1. The second kappa shape index (κ2) is 5.13. The first-order valence-electron chi connectivity index (χ1n) is 6.98. The largest absolute Gasteiger partial charge is 0.311 e. The summed E-state index contributed by atoms with van der Waals surface area (Å²) in [6.07, 6.45) is 4.12. The molecule has 2 atom stereocenters. The SMILES string of the molecule is CCCn1nncc1C(NC)C1Cc2ccccc21. The number of fused-ring (bicyclic) bond motifs is 1. The zero-order chi connectivity index (χ0) is 13.2. The third kappa shape index (κ3) is 2.06. The summed E-state index contributed by atoms with van der Waals surface area (Å²) < 4.78 is 2.03. The van der Waals surface area contributed by atoms with Crippen molar-refractivity contribution in [3.63, 3.8) is 0 Å². The molecule has 1 aromatic carbocycles. The van der Waals surface area contributed by atoms with Crippen LogP contribution in [0.2, 0.25) is 0 Å². The second-order valence-electron chi connectivity index (χ2n) is 5.16. The number of hydrogen-bond acceptors (Lipinski definition) is 3. The van der Waals surface area contributed by atoms with Gasteiger partial charge in [-0.3, -0.25) is 0 Å². The molecule has 19 heavy (non-hydrogen) atoms. The van der Waals surface area contributed by atoms with Crippen LogP contribution in [0.3, 0.4) is 0 Å². The molecular formula is C15H20N4. The molecule has 0 fully saturated rings. The van der Waals surface area contributed by atoms with E-state index < -0.39 is 0 Å². The van der Waals surface area contributed by atoms with E-state index in [1.54, 1.807) is 0 Å². The standard InChI is InChI=1S/C15H20N4/c1-3-8-19-14(10-17-18-19)15(16-2)13-9-11-6-4-5-7-12(11)13/h4-7,10,13,15-16H,3,8-9H2,1-2H3. The highest BCUT2D eigenvalue weighted by atomic mass is 15.4. The van der Waals surface area contributed by atoms with Gasteiger partial charge in [0.15, 0.2) is 0 Å². The Morgan fingerprint density at radius 3 is 3.00 bits per heavy atom. The Balaban J connectivity index is 1.88. The zero-order valence-corrected chi connectivity index (χ0v) is 11.5. The van der Waals surface area contributed by atoms with Crippen molar-refractivity contribution in [1.82, 2.24) is 20.3 Å². The molecule has 0 saturated heterocycles. The van der Waals surface area contributed by atoms with Crippen LogP contribution in [0.5, 0.6) is 0 Å². The van der Waals surface area contributed by atoms with Gasteiger partial charge >= 0.3 is 0 Å². The van der Waals surface area contributed by atoms with Crippen LogP contribution in [0.15, 0.2) is 30.5 Å². The van der Waals surface area contributed by atoms with Crippen molar-refractivity contribution in [3.8, 4) is 0 Å². The molecule has 2 unspecified atom stereocenters. The highest BCUT2D eigenvalue weighted by Crippen LogP contribution is 2.43. The topological polar surface area (TPSA) is 42.7 Å². The molecule has 100 valence electrons. The summed E-state index contributed by atoms with van der Waals surface area (Å²) in [6, 6.07) is 9.00. The van der Waals surface area contributed by atoms with Crippen LogP contribution >= 0.6 is 0 Å². The Morgan fingerprint density at radius 1 is 1.42 bits per heavy atom. The molecule has 2 aromatic rings. The normalized spacial score (nSPS) is 18.7. The molecule has 0 bridgehead atoms. The van der Waals surface area contributed by atoms with Gasteiger partial charge in [-0.1, -0.05) is 36.4 Å². The van der Waals surface area contributed by atoms with Crippen LogP contribution in [0.4, 0.5) is 0 Å². The molecule has 0 aliphatic heterocycles. The van der Waals surface area contributed by atoms with Crippen LogP contribution in [-0.2, 0) is 13.0 Å². The van der Waals surface area contributed by atoms with Gasteiger partial charge in [0.2, 0.25) is 0 Å². The van der Waals surface area contributed by atoms with E-state index >= 15 is 0 Å². The first kappa shape index (κ1) is 12.4. The number of likely N-dealkylation sites (N-methyl/N-ethyl adjacent to an activating group) is 1. The van der Waals surface area contributed by atoms with E-state index in [9.17, 15) is 0 Å². The number of nitrogens with one attached hydrogen (secondary N) is 1. The fraction of sp³-hybridized carbons (Fsp3) is 0.467. The Labute approximate surface area is 113 Å². The lowest BCUT2D eigenvalue weighted by Crippen LogP contribution is -2.33. The van der Waals surface area contributed by atoms with Crippen LogP contribution in [0.1, 0.15) is 42.1 Å². The predicted molar refractivity (Wildman–Crippen MR) is 75.0 cm³/mol. The molecule has 4 nitrogen and oxygen atoms in total. The first-order chi connectivity index (χ1) is 9.35. The molecule has 1 heterocycles. The molecule has 1 aliphatic rings. The molecule has 4 heteroatoms. The van der Waals surface area contributed by atoms with Crippen LogP contribution in [-0.4, -0.2) is 22.0 Å². The maximum absolute atomic E-state index is 4.20. The summed E-state index contributed by atoms with van der Waals surface area (Å²) in [5.41, 5.74) is 4.14. The number of aryl methyl sites for hydroxylation is 1. The average Bonchev–Trinajstić information content (AvgIpc) is 2.85. The van der Waals surface area contributed by atoms with Gasteiger partial charge in [0.1, 0.15) is 0 Å². The maximum Gasteiger partial charge on any atom is 0.0762 e. The van der Waals surface area contributed by atoms with Gasteiger partial charge in [0.05, 0.1) is 17.9 Å². The molecule has 3 rings (SSSR count). The van der Waals surface area contributed by atoms with Crippen molar-refractivity contribution >= 4 is 0 Å². The van der Waals surface area contributed by atoms with Crippen LogP contribution in [0.25, 0.3) is 0 Å². The van der Waals surface area contributed by atoms with Crippen molar-refractivity contribution in [2.75, 3.05) is 7.05 Å². The van der Waals surface area contributed by atoms with Crippen molar-refractivity contribution in [1.29, 1.82) is 0 Å². The van der Waals surface area contributed by atoms with Gasteiger partial charge in [-0.25, -0.2) is 4.68 Å². The van der Waals surface area contributed by atoms with E-state index in [1.165, 1.54) is 16.8 Å². The van der Waals surface area contributed by atoms with E-state index in [-0.39, 0.29) is 0 Å². The third-order valence-electron chi connectivity index (χ3n) is 4.01. The Kier molecular flexibility index (Phi) is 3.34.